The van der Waals surface area contributed by atoms with Crippen LogP contribution in [-0.2, 0) is 9.47 Å². The summed E-state index contributed by atoms with van der Waals surface area (Å²) in [5.74, 6) is 0.824. The van der Waals surface area contributed by atoms with Gasteiger partial charge < -0.3 is 14.4 Å². The SMILES string of the molecule is C=C(C(F)F)N(c1nc(N2CCOCC2)c2cnn(C3CCOCC3)c2n1)c1ccccc1C. The van der Waals surface area contributed by atoms with Crippen molar-refractivity contribution in [2.24, 2.45) is 0 Å². The molecule has 10 heteroatoms. The standard InChI is InChI=1S/C24H28F2N6O2/c1-16-5-3-4-6-20(16)31(17(2)21(25)26)24-28-22(30-9-13-34-14-10-30)19-15-27-32(23(19)29-24)18-7-11-33-12-8-18/h3-6,15,18,21H,2,7-14H2,1H3. The van der Waals surface area contributed by atoms with E-state index in [1.54, 1.807) is 12.3 Å². The molecule has 2 fully saturated rings. The van der Waals surface area contributed by atoms with Crippen molar-refractivity contribution in [3.8, 4) is 0 Å². The Labute approximate surface area is 196 Å². The van der Waals surface area contributed by atoms with Gasteiger partial charge in [0.25, 0.3) is 6.43 Å². The number of hydrogen-bond donors (Lipinski definition) is 0. The highest BCUT2D eigenvalue weighted by Gasteiger charge is 2.29. The summed E-state index contributed by atoms with van der Waals surface area (Å²) < 4.78 is 41.0. The number of aromatic nitrogens is 4. The molecule has 0 N–H and O–H groups in total. The van der Waals surface area contributed by atoms with E-state index in [1.807, 2.05) is 29.8 Å². The molecule has 1 aromatic carbocycles. The van der Waals surface area contributed by atoms with E-state index in [2.05, 4.69) is 16.6 Å². The zero-order valence-corrected chi connectivity index (χ0v) is 19.2. The van der Waals surface area contributed by atoms with Crippen molar-refractivity contribution < 1.29 is 18.3 Å². The molecule has 0 saturated carbocycles. The minimum Gasteiger partial charge on any atom is -0.381 e. The van der Waals surface area contributed by atoms with Crippen molar-refractivity contribution >= 4 is 28.5 Å². The first-order chi connectivity index (χ1) is 16.5. The molecule has 0 bridgehead atoms. The number of alkyl halides is 2. The number of hydrogen-bond acceptors (Lipinski definition) is 7. The summed E-state index contributed by atoms with van der Waals surface area (Å²) in [5.41, 5.74) is 1.63. The average molecular weight is 471 g/mol. The molecule has 4 heterocycles. The van der Waals surface area contributed by atoms with E-state index in [4.69, 9.17) is 19.4 Å². The molecular weight excluding hydrogens is 442 g/mol. The van der Waals surface area contributed by atoms with Gasteiger partial charge in [0, 0.05) is 26.3 Å². The van der Waals surface area contributed by atoms with Crippen LogP contribution >= 0.6 is 0 Å². The van der Waals surface area contributed by atoms with E-state index in [9.17, 15) is 8.78 Å². The number of allylic oxidation sites excluding steroid dienone is 1. The largest absolute Gasteiger partial charge is 0.381 e. The van der Waals surface area contributed by atoms with E-state index >= 15 is 0 Å². The number of nitrogens with zero attached hydrogens (tertiary/aromatic N) is 6. The zero-order valence-electron chi connectivity index (χ0n) is 19.2. The molecule has 2 aromatic heterocycles. The minimum absolute atomic E-state index is 0.122. The fourth-order valence-corrected chi connectivity index (χ4v) is 4.52. The van der Waals surface area contributed by atoms with Crippen molar-refractivity contribution in [1.29, 1.82) is 0 Å². The first-order valence-corrected chi connectivity index (χ1v) is 11.5. The molecule has 2 aliphatic rings. The van der Waals surface area contributed by atoms with Gasteiger partial charge in [0.1, 0.15) is 5.82 Å². The topological polar surface area (TPSA) is 68.5 Å². The number of ether oxygens (including phenoxy) is 2. The molecule has 0 atom stereocenters. The first kappa shape index (κ1) is 22.7. The van der Waals surface area contributed by atoms with Crippen LogP contribution in [0.25, 0.3) is 11.0 Å². The predicted molar refractivity (Wildman–Crippen MR) is 126 cm³/mol. The molecule has 0 radical (unpaired) electrons. The second-order valence-electron chi connectivity index (χ2n) is 8.53. The molecule has 8 nitrogen and oxygen atoms in total. The Morgan fingerprint density at radius 2 is 1.79 bits per heavy atom. The molecule has 34 heavy (non-hydrogen) atoms. The number of aryl methyl sites for hydroxylation is 1. The Morgan fingerprint density at radius 3 is 2.50 bits per heavy atom. The van der Waals surface area contributed by atoms with Crippen LogP contribution in [0, 0.1) is 6.92 Å². The lowest BCUT2D eigenvalue weighted by Gasteiger charge is -2.31. The normalized spacial score (nSPS) is 17.5. The summed E-state index contributed by atoms with van der Waals surface area (Å²) in [7, 11) is 0. The zero-order chi connectivity index (χ0) is 23.7. The molecule has 180 valence electrons. The Hall–Kier alpha value is -3.11. The van der Waals surface area contributed by atoms with E-state index < -0.39 is 6.43 Å². The average Bonchev–Trinajstić information content (AvgIpc) is 3.30. The summed E-state index contributed by atoms with van der Waals surface area (Å²) in [6.07, 6.45) is 0.633. The third-order valence-corrected chi connectivity index (χ3v) is 6.36. The quantitative estimate of drug-likeness (QED) is 0.534. The van der Waals surface area contributed by atoms with Gasteiger partial charge in [0.15, 0.2) is 5.65 Å². The van der Waals surface area contributed by atoms with Crippen molar-refractivity contribution in [3.05, 3.63) is 48.3 Å². The number of morpholine rings is 1. The minimum atomic E-state index is -2.77. The van der Waals surface area contributed by atoms with Gasteiger partial charge in [-0.2, -0.15) is 15.1 Å². The van der Waals surface area contributed by atoms with Gasteiger partial charge in [-0.05, 0) is 31.4 Å². The maximum Gasteiger partial charge on any atom is 0.278 e. The second-order valence-corrected chi connectivity index (χ2v) is 8.53. The van der Waals surface area contributed by atoms with E-state index in [1.165, 1.54) is 4.90 Å². The summed E-state index contributed by atoms with van der Waals surface area (Å²) in [6, 6.07) is 7.44. The van der Waals surface area contributed by atoms with Gasteiger partial charge in [-0.15, -0.1) is 0 Å². The van der Waals surface area contributed by atoms with E-state index in [0.717, 1.165) is 23.8 Å². The third-order valence-electron chi connectivity index (χ3n) is 6.36. The molecule has 0 aliphatic carbocycles. The van der Waals surface area contributed by atoms with Gasteiger partial charge in [-0.3, -0.25) is 4.90 Å². The molecule has 0 amide bonds. The van der Waals surface area contributed by atoms with Crippen molar-refractivity contribution in [2.45, 2.75) is 32.2 Å². The Bertz CT molecular complexity index is 1170. The Kier molecular flexibility index (Phi) is 6.42. The molecule has 5 rings (SSSR count). The highest BCUT2D eigenvalue weighted by atomic mass is 19.3. The lowest BCUT2D eigenvalue weighted by Crippen LogP contribution is -2.37. The third kappa shape index (κ3) is 4.23. The molecular formula is C24H28F2N6O2. The van der Waals surface area contributed by atoms with E-state index in [-0.39, 0.29) is 17.7 Å². The van der Waals surface area contributed by atoms with Gasteiger partial charge >= 0.3 is 0 Å². The highest BCUT2D eigenvalue weighted by molar-refractivity contribution is 5.89. The Balaban J connectivity index is 1.71. The smallest absolute Gasteiger partial charge is 0.278 e. The molecule has 2 aliphatic heterocycles. The van der Waals surface area contributed by atoms with Crippen LogP contribution in [0.4, 0.5) is 26.2 Å². The van der Waals surface area contributed by atoms with Crippen LogP contribution in [-0.4, -0.2) is 65.7 Å². The number of fused-ring (bicyclic) bond motifs is 1. The van der Waals surface area contributed by atoms with Gasteiger partial charge in [-0.25, -0.2) is 13.5 Å². The number of anilines is 3. The summed E-state index contributed by atoms with van der Waals surface area (Å²) in [5, 5.41) is 5.45. The molecule has 0 spiro atoms. The Morgan fingerprint density at radius 1 is 1.09 bits per heavy atom. The van der Waals surface area contributed by atoms with Gasteiger partial charge in [-0.1, -0.05) is 24.8 Å². The van der Waals surface area contributed by atoms with Crippen molar-refractivity contribution in [1.82, 2.24) is 19.7 Å². The summed E-state index contributed by atoms with van der Waals surface area (Å²) in [4.78, 5) is 13.1. The van der Waals surface area contributed by atoms with Gasteiger partial charge in [0.05, 0.1) is 42.2 Å². The summed E-state index contributed by atoms with van der Waals surface area (Å²) in [6.45, 7) is 9.30. The van der Waals surface area contributed by atoms with Crippen LogP contribution in [0.2, 0.25) is 0 Å². The van der Waals surface area contributed by atoms with Crippen LogP contribution in [0.5, 0.6) is 0 Å². The van der Waals surface area contributed by atoms with Gasteiger partial charge in [0.2, 0.25) is 5.95 Å². The fourth-order valence-electron chi connectivity index (χ4n) is 4.52. The maximum absolute atomic E-state index is 14.0. The maximum atomic E-state index is 14.0. The lowest BCUT2D eigenvalue weighted by atomic mass is 10.1. The number of rotatable bonds is 6. The second kappa shape index (κ2) is 9.63. The van der Waals surface area contributed by atoms with Crippen molar-refractivity contribution in [2.75, 3.05) is 49.3 Å². The van der Waals surface area contributed by atoms with E-state index in [0.29, 0.717) is 56.7 Å². The van der Waals surface area contributed by atoms with Crippen LogP contribution in [0.15, 0.2) is 42.7 Å². The number of halogens is 2. The van der Waals surface area contributed by atoms with Crippen molar-refractivity contribution in [3.63, 3.8) is 0 Å². The molecule has 0 unspecified atom stereocenters. The molecule has 3 aromatic rings. The highest BCUT2D eigenvalue weighted by Crippen LogP contribution is 2.36. The fraction of sp³-hybridized carbons (Fsp3) is 0.458. The van der Waals surface area contributed by atoms with Crippen LogP contribution < -0.4 is 9.80 Å². The number of benzene rings is 1. The number of para-hydroxylation sites is 1. The monoisotopic (exact) mass is 470 g/mol. The molecule has 2 saturated heterocycles. The first-order valence-electron chi connectivity index (χ1n) is 11.5. The van der Waals surface area contributed by atoms with Crippen LogP contribution in [0.3, 0.4) is 0 Å². The van der Waals surface area contributed by atoms with Crippen LogP contribution in [0.1, 0.15) is 24.4 Å². The lowest BCUT2D eigenvalue weighted by molar-refractivity contribution is 0.0673. The predicted octanol–water partition coefficient (Wildman–Crippen LogP) is 4.24. The summed E-state index contributed by atoms with van der Waals surface area (Å²) >= 11 is 0.